The number of hydrogen-bond donors (Lipinski definition) is 0. The van der Waals surface area contributed by atoms with E-state index >= 15 is 0 Å². The molecule has 1 rings (SSSR count). The van der Waals surface area contributed by atoms with Crippen LogP contribution >= 0.6 is 0 Å². The van der Waals surface area contributed by atoms with Crippen LogP contribution in [0.15, 0.2) is 16.7 Å². The zero-order chi connectivity index (χ0) is 13.1. The van der Waals surface area contributed by atoms with E-state index in [1.165, 1.54) is 27.4 Å². The van der Waals surface area contributed by atoms with E-state index < -0.39 is 17.4 Å². The highest BCUT2D eigenvalue weighted by Gasteiger charge is 2.44. The Bertz CT molecular complexity index is 402. The Labute approximate surface area is 99.7 Å². The van der Waals surface area contributed by atoms with Crippen LogP contribution in [0.3, 0.4) is 0 Å². The van der Waals surface area contributed by atoms with Crippen LogP contribution in [-0.4, -0.2) is 26.2 Å². The van der Waals surface area contributed by atoms with Crippen molar-refractivity contribution in [3.05, 3.63) is 23.7 Å². The molecule has 0 bridgehead atoms. The van der Waals surface area contributed by atoms with Crippen molar-refractivity contribution in [3.8, 4) is 0 Å². The van der Waals surface area contributed by atoms with E-state index in [0.29, 0.717) is 5.76 Å². The van der Waals surface area contributed by atoms with E-state index in [-0.39, 0.29) is 6.42 Å². The van der Waals surface area contributed by atoms with Gasteiger partial charge in [0.05, 0.1) is 20.5 Å². The van der Waals surface area contributed by atoms with Crippen LogP contribution < -0.4 is 0 Å². The third-order valence-electron chi connectivity index (χ3n) is 2.75. The van der Waals surface area contributed by atoms with Gasteiger partial charge in [0, 0.05) is 6.42 Å². The Morgan fingerprint density at radius 2 is 1.82 bits per heavy atom. The summed E-state index contributed by atoms with van der Waals surface area (Å²) >= 11 is 0. The van der Waals surface area contributed by atoms with E-state index in [2.05, 4.69) is 9.47 Å². The number of furan rings is 1. The van der Waals surface area contributed by atoms with Crippen molar-refractivity contribution in [2.45, 2.75) is 20.3 Å². The van der Waals surface area contributed by atoms with Crippen molar-refractivity contribution in [2.75, 3.05) is 14.2 Å². The fourth-order valence-corrected chi connectivity index (χ4v) is 1.58. The van der Waals surface area contributed by atoms with E-state index in [4.69, 9.17) is 4.42 Å². The van der Waals surface area contributed by atoms with Crippen LogP contribution in [0.25, 0.3) is 0 Å². The summed E-state index contributed by atoms with van der Waals surface area (Å²) in [5.41, 5.74) is -0.504. The molecule has 0 saturated heterocycles. The smallest absolute Gasteiger partial charge is 0.323 e. The summed E-state index contributed by atoms with van der Waals surface area (Å²) < 4.78 is 14.5. The monoisotopic (exact) mass is 240 g/mol. The number of carbonyl (C=O) groups excluding carboxylic acids is 2. The van der Waals surface area contributed by atoms with Crippen LogP contribution in [0.2, 0.25) is 0 Å². The molecule has 5 heteroatoms. The molecule has 0 unspecified atom stereocenters. The first kappa shape index (κ1) is 13.3. The largest absolute Gasteiger partial charge is 0.469 e. The highest BCUT2D eigenvalue weighted by Crippen LogP contribution is 2.27. The van der Waals surface area contributed by atoms with Crippen LogP contribution in [0, 0.1) is 12.3 Å². The minimum Gasteiger partial charge on any atom is -0.469 e. The second kappa shape index (κ2) is 5.03. The minimum atomic E-state index is -1.38. The number of aryl methyl sites for hydroxylation is 1. The topological polar surface area (TPSA) is 65.7 Å². The predicted octanol–water partition coefficient (Wildman–Crippen LogP) is 1.48. The van der Waals surface area contributed by atoms with E-state index in [1.807, 2.05) is 6.92 Å². The maximum absolute atomic E-state index is 11.7. The Morgan fingerprint density at radius 3 is 2.18 bits per heavy atom. The first-order chi connectivity index (χ1) is 7.95. The molecule has 1 aromatic heterocycles. The summed E-state index contributed by atoms with van der Waals surface area (Å²) in [6.45, 7) is 3.32. The van der Waals surface area contributed by atoms with Gasteiger partial charge in [0.25, 0.3) is 0 Å². The van der Waals surface area contributed by atoms with Crippen LogP contribution in [0.5, 0.6) is 0 Å². The molecule has 0 saturated carbocycles. The summed E-state index contributed by atoms with van der Waals surface area (Å²) in [7, 11) is 2.47. The number of carbonyl (C=O) groups is 2. The van der Waals surface area contributed by atoms with Gasteiger partial charge < -0.3 is 13.9 Å². The highest BCUT2D eigenvalue weighted by molar-refractivity contribution is 5.99. The first-order valence-corrected chi connectivity index (χ1v) is 5.15. The van der Waals surface area contributed by atoms with Gasteiger partial charge in [-0.15, -0.1) is 0 Å². The van der Waals surface area contributed by atoms with Gasteiger partial charge in [-0.3, -0.25) is 9.59 Å². The lowest BCUT2D eigenvalue weighted by atomic mass is 9.85. The van der Waals surface area contributed by atoms with Gasteiger partial charge in [-0.1, -0.05) is 0 Å². The summed E-state index contributed by atoms with van der Waals surface area (Å²) in [5, 5.41) is 0. The van der Waals surface area contributed by atoms with Crippen LogP contribution in [-0.2, 0) is 25.5 Å². The standard InChI is InChI=1S/C12H16O5/c1-8-5-6-17-9(8)7-12(2,10(13)15-3)11(14)16-4/h5-6H,7H2,1-4H3. The second-order valence-corrected chi connectivity index (χ2v) is 4.02. The van der Waals surface area contributed by atoms with Gasteiger partial charge in [-0.25, -0.2) is 0 Å². The molecule has 0 spiro atoms. The molecule has 94 valence electrons. The third-order valence-corrected chi connectivity index (χ3v) is 2.75. The molecule has 0 aliphatic carbocycles. The minimum absolute atomic E-state index is 0.116. The quantitative estimate of drug-likeness (QED) is 0.589. The van der Waals surface area contributed by atoms with Gasteiger partial charge in [-0.2, -0.15) is 0 Å². The number of hydrogen-bond acceptors (Lipinski definition) is 5. The molecular weight excluding hydrogens is 224 g/mol. The van der Waals surface area contributed by atoms with Gasteiger partial charge >= 0.3 is 11.9 Å². The van der Waals surface area contributed by atoms with Crippen molar-refractivity contribution < 1.29 is 23.5 Å². The summed E-state index contributed by atoms with van der Waals surface area (Å²) in [4.78, 5) is 23.4. The lowest BCUT2D eigenvalue weighted by Crippen LogP contribution is -2.40. The molecule has 0 amide bonds. The Kier molecular flexibility index (Phi) is 3.93. The predicted molar refractivity (Wildman–Crippen MR) is 59.3 cm³/mol. The Hall–Kier alpha value is -1.78. The zero-order valence-electron chi connectivity index (χ0n) is 10.4. The van der Waals surface area contributed by atoms with Crippen molar-refractivity contribution >= 4 is 11.9 Å². The molecular formula is C12H16O5. The molecule has 0 aliphatic heterocycles. The van der Waals surface area contributed by atoms with Gasteiger partial charge in [0.15, 0.2) is 5.41 Å². The number of esters is 2. The molecule has 0 radical (unpaired) electrons. The van der Waals surface area contributed by atoms with Crippen molar-refractivity contribution in [1.29, 1.82) is 0 Å². The summed E-state index contributed by atoms with van der Waals surface area (Å²) in [6, 6.07) is 1.77. The van der Waals surface area contributed by atoms with Crippen molar-refractivity contribution in [2.24, 2.45) is 5.41 Å². The Balaban J connectivity index is 3.04. The van der Waals surface area contributed by atoms with Gasteiger partial charge in [0.2, 0.25) is 0 Å². The normalized spacial score (nSPS) is 11.1. The average molecular weight is 240 g/mol. The maximum atomic E-state index is 11.7. The average Bonchev–Trinajstić information content (AvgIpc) is 2.72. The SMILES string of the molecule is COC(=O)C(C)(Cc1occc1C)C(=O)OC. The van der Waals surface area contributed by atoms with Crippen LogP contribution in [0.1, 0.15) is 18.2 Å². The lowest BCUT2D eigenvalue weighted by molar-refractivity contribution is -0.167. The summed E-state index contributed by atoms with van der Waals surface area (Å²) in [5.74, 6) is -0.705. The molecule has 0 N–H and O–H groups in total. The fourth-order valence-electron chi connectivity index (χ4n) is 1.58. The highest BCUT2D eigenvalue weighted by atomic mass is 16.5. The fraction of sp³-hybridized carbons (Fsp3) is 0.500. The third kappa shape index (κ3) is 2.49. The van der Waals surface area contributed by atoms with Crippen LogP contribution in [0.4, 0.5) is 0 Å². The Morgan fingerprint density at radius 1 is 1.29 bits per heavy atom. The molecule has 0 fully saturated rings. The molecule has 0 aliphatic rings. The van der Waals surface area contributed by atoms with Gasteiger partial charge in [-0.05, 0) is 25.5 Å². The van der Waals surface area contributed by atoms with Crippen molar-refractivity contribution in [1.82, 2.24) is 0 Å². The van der Waals surface area contributed by atoms with Crippen molar-refractivity contribution in [3.63, 3.8) is 0 Å². The van der Waals surface area contributed by atoms with Gasteiger partial charge in [0.1, 0.15) is 5.76 Å². The first-order valence-electron chi connectivity index (χ1n) is 5.15. The van der Waals surface area contributed by atoms with E-state index in [9.17, 15) is 9.59 Å². The molecule has 0 aromatic carbocycles. The number of ether oxygens (including phenoxy) is 2. The zero-order valence-corrected chi connectivity index (χ0v) is 10.4. The number of rotatable bonds is 4. The molecule has 1 aromatic rings. The number of methoxy groups -OCH3 is 2. The molecule has 0 atom stereocenters. The van der Waals surface area contributed by atoms with E-state index in [1.54, 1.807) is 6.07 Å². The molecule has 17 heavy (non-hydrogen) atoms. The lowest BCUT2D eigenvalue weighted by Gasteiger charge is -2.22. The second-order valence-electron chi connectivity index (χ2n) is 4.02. The summed E-state index contributed by atoms with van der Waals surface area (Å²) in [6.07, 6.45) is 1.63. The van der Waals surface area contributed by atoms with E-state index in [0.717, 1.165) is 5.56 Å². The maximum Gasteiger partial charge on any atom is 0.323 e. The molecule has 5 nitrogen and oxygen atoms in total. The molecule has 1 heterocycles.